The number of benzene rings is 1. The third-order valence-electron chi connectivity index (χ3n) is 2.80. The summed E-state index contributed by atoms with van der Waals surface area (Å²) in [6, 6.07) is 8.41. The minimum atomic E-state index is -1.37. The lowest BCUT2D eigenvalue weighted by molar-refractivity contribution is 0.425. The third kappa shape index (κ3) is 2.81. The molecule has 0 unspecified atom stereocenters. The van der Waals surface area contributed by atoms with E-state index < -0.39 is 7.12 Å². The van der Waals surface area contributed by atoms with Gasteiger partial charge < -0.3 is 15.4 Å². The van der Waals surface area contributed by atoms with Gasteiger partial charge in [-0.1, -0.05) is 24.3 Å². The van der Waals surface area contributed by atoms with Gasteiger partial charge in [-0.3, -0.25) is 0 Å². The smallest absolute Gasteiger partial charge is 0.423 e. The summed E-state index contributed by atoms with van der Waals surface area (Å²) in [5.41, 5.74) is 1.73. The van der Waals surface area contributed by atoms with E-state index >= 15 is 0 Å². The van der Waals surface area contributed by atoms with Gasteiger partial charge in [0.05, 0.1) is 0 Å². The molecule has 0 amide bonds. The van der Waals surface area contributed by atoms with E-state index in [4.69, 9.17) is 10.0 Å². The molecule has 0 radical (unpaired) electrons. The summed E-state index contributed by atoms with van der Waals surface area (Å²) in [5, 5.41) is 21.4. The van der Waals surface area contributed by atoms with Crippen molar-refractivity contribution in [1.29, 1.82) is 0 Å². The van der Waals surface area contributed by atoms with Crippen LogP contribution in [0.4, 0.5) is 0 Å². The number of hydrogen-bond donors (Lipinski definition) is 3. The molecular formula is C11H16BNO2. The molecule has 0 saturated heterocycles. The Balaban J connectivity index is 2.01. The Bertz CT molecular complexity index is 322. The van der Waals surface area contributed by atoms with Crippen molar-refractivity contribution in [3.05, 3.63) is 29.8 Å². The molecule has 3 nitrogen and oxygen atoms in total. The molecule has 0 aliphatic heterocycles. The molecule has 1 aromatic carbocycles. The molecule has 0 bridgehead atoms. The molecule has 2 rings (SSSR count). The summed E-state index contributed by atoms with van der Waals surface area (Å²) in [6.45, 7) is 2.13. The Morgan fingerprint density at radius 2 is 1.87 bits per heavy atom. The normalized spacial score (nSPS) is 17.5. The van der Waals surface area contributed by atoms with E-state index in [-0.39, 0.29) is 0 Å². The highest BCUT2D eigenvalue weighted by molar-refractivity contribution is 6.58. The minimum Gasteiger partial charge on any atom is -0.423 e. The van der Waals surface area contributed by atoms with Crippen molar-refractivity contribution in [1.82, 2.24) is 5.32 Å². The Morgan fingerprint density at radius 1 is 1.27 bits per heavy atom. The van der Waals surface area contributed by atoms with Crippen LogP contribution in [0, 0.1) is 0 Å². The first-order valence-electron chi connectivity index (χ1n) is 5.39. The van der Waals surface area contributed by atoms with Gasteiger partial charge in [-0.15, -0.1) is 0 Å². The molecule has 1 saturated carbocycles. The van der Waals surface area contributed by atoms with Gasteiger partial charge in [0, 0.05) is 12.1 Å². The first-order valence-corrected chi connectivity index (χ1v) is 5.39. The van der Waals surface area contributed by atoms with Crippen LogP contribution in [-0.4, -0.2) is 23.2 Å². The fourth-order valence-corrected chi connectivity index (χ4v) is 1.66. The van der Waals surface area contributed by atoms with Gasteiger partial charge in [0.15, 0.2) is 0 Å². The number of nitrogens with one attached hydrogen (secondary N) is 1. The molecule has 3 N–H and O–H groups in total. The first-order chi connectivity index (χ1) is 7.16. The van der Waals surface area contributed by atoms with Crippen LogP contribution in [0.5, 0.6) is 0 Å². The quantitative estimate of drug-likeness (QED) is 0.614. The third-order valence-corrected chi connectivity index (χ3v) is 2.80. The zero-order chi connectivity index (χ0) is 10.8. The zero-order valence-corrected chi connectivity index (χ0v) is 8.85. The van der Waals surface area contributed by atoms with Crippen molar-refractivity contribution in [2.45, 2.75) is 31.8 Å². The molecular weight excluding hydrogens is 189 g/mol. The Morgan fingerprint density at radius 3 is 2.33 bits per heavy atom. The first kappa shape index (κ1) is 10.7. The van der Waals surface area contributed by atoms with Gasteiger partial charge >= 0.3 is 7.12 Å². The maximum Gasteiger partial charge on any atom is 0.488 e. The van der Waals surface area contributed by atoms with Crippen molar-refractivity contribution >= 4 is 12.6 Å². The van der Waals surface area contributed by atoms with Crippen molar-refractivity contribution in [2.75, 3.05) is 0 Å². The summed E-state index contributed by atoms with van der Waals surface area (Å²) in [5.74, 6) is 0. The van der Waals surface area contributed by atoms with Crippen molar-refractivity contribution in [3.63, 3.8) is 0 Å². The van der Waals surface area contributed by atoms with Crippen molar-refractivity contribution in [2.24, 2.45) is 0 Å². The van der Waals surface area contributed by atoms with Gasteiger partial charge in [0.2, 0.25) is 0 Å². The van der Waals surface area contributed by atoms with Gasteiger partial charge in [0.1, 0.15) is 0 Å². The standard InChI is InChI=1S/C11H16BNO2/c1-8(13-11-6-7-11)9-2-4-10(5-3-9)12(14)15/h2-5,8,11,13-15H,6-7H2,1H3/t8-/m0/s1. The molecule has 1 fully saturated rings. The van der Waals surface area contributed by atoms with Crippen LogP contribution in [-0.2, 0) is 0 Å². The van der Waals surface area contributed by atoms with E-state index in [9.17, 15) is 0 Å². The Kier molecular flexibility index (Phi) is 3.10. The molecule has 15 heavy (non-hydrogen) atoms. The molecule has 1 aliphatic carbocycles. The van der Waals surface area contributed by atoms with Crippen LogP contribution < -0.4 is 10.8 Å². The molecule has 1 atom stereocenters. The summed E-state index contributed by atoms with van der Waals surface area (Å²) < 4.78 is 0. The van der Waals surface area contributed by atoms with Gasteiger partial charge in [0.25, 0.3) is 0 Å². The lowest BCUT2D eigenvalue weighted by Gasteiger charge is -2.13. The maximum absolute atomic E-state index is 8.95. The SMILES string of the molecule is C[C@H](NC1CC1)c1ccc(B(O)O)cc1. The summed E-state index contributed by atoms with van der Waals surface area (Å²) in [4.78, 5) is 0. The topological polar surface area (TPSA) is 52.5 Å². The second kappa shape index (κ2) is 4.35. The minimum absolute atomic E-state index is 0.336. The monoisotopic (exact) mass is 205 g/mol. The molecule has 0 spiro atoms. The maximum atomic E-state index is 8.95. The van der Waals surface area contributed by atoms with Gasteiger partial charge in [-0.05, 0) is 30.8 Å². The molecule has 0 heterocycles. The highest BCUT2D eigenvalue weighted by atomic mass is 16.4. The Hall–Kier alpha value is -0.835. The van der Waals surface area contributed by atoms with Crippen molar-refractivity contribution < 1.29 is 10.0 Å². The summed E-state index contributed by atoms with van der Waals surface area (Å²) in [7, 11) is -1.37. The van der Waals surface area contributed by atoms with Crippen LogP contribution >= 0.6 is 0 Å². The average molecular weight is 205 g/mol. The molecule has 1 aliphatic rings. The number of rotatable bonds is 4. The predicted octanol–water partition coefficient (Wildman–Crippen LogP) is 0.179. The Labute approximate surface area is 90.3 Å². The van der Waals surface area contributed by atoms with E-state index in [2.05, 4.69) is 12.2 Å². The van der Waals surface area contributed by atoms with Crippen molar-refractivity contribution in [3.8, 4) is 0 Å². The summed E-state index contributed by atoms with van der Waals surface area (Å²) >= 11 is 0. The second-order valence-corrected chi connectivity index (χ2v) is 4.20. The lowest BCUT2D eigenvalue weighted by Crippen LogP contribution is -2.30. The van der Waals surface area contributed by atoms with E-state index in [1.165, 1.54) is 18.4 Å². The van der Waals surface area contributed by atoms with Crippen LogP contribution in [0.1, 0.15) is 31.4 Å². The predicted molar refractivity (Wildman–Crippen MR) is 60.8 cm³/mol. The van der Waals surface area contributed by atoms with E-state index in [1.807, 2.05) is 12.1 Å². The van der Waals surface area contributed by atoms with Gasteiger partial charge in [-0.25, -0.2) is 0 Å². The fraction of sp³-hybridized carbons (Fsp3) is 0.455. The number of hydrogen-bond acceptors (Lipinski definition) is 3. The highest BCUT2D eigenvalue weighted by Gasteiger charge is 2.23. The van der Waals surface area contributed by atoms with Gasteiger partial charge in [-0.2, -0.15) is 0 Å². The van der Waals surface area contributed by atoms with Crippen LogP contribution in [0.2, 0.25) is 0 Å². The molecule has 4 heteroatoms. The van der Waals surface area contributed by atoms with E-state index in [0.29, 0.717) is 17.5 Å². The summed E-state index contributed by atoms with van der Waals surface area (Å²) in [6.07, 6.45) is 2.55. The molecule has 80 valence electrons. The van der Waals surface area contributed by atoms with Crippen LogP contribution in [0.15, 0.2) is 24.3 Å². The fourth-order valence-electron chi connectivity index (χ4n) is 1.66. The van der Waals surface area contributed by atoms with Crippen LogP contribution in [0.25, 0.3) is 0 Å². The average Bonchev–Trinajstić information content (AvgIpc) is 3.02. The zero-order valence-electron chi connectivity index (χ0n) is 8.85. The largest absolute Gasteiger partial charge is 0.488 e. The second-order valence-electron chi connectivity index (χ2n) is 4.20. The molecule has 1 aromatic rings. The highest BCUT2D eigenvalue weighted by Crippen LogP contribution is 2.23. The van der Waals surface area contributed by atoms with E-state index in [1.54, 1.807) is 12.1 Å². The molecule has 0 aromatic heterocycles. The lowest BCUT2D eigenvalue weighted by atomic mass is 9.80. The van der Waals surface area contributed by atoms with Crippen LogP contribution in [0.3, 0.4) is 0 Å². The van der Waals surface area contributed by atoms with E-state index in [0.717, 1.165) is 0 Å².